The third-order valence-corrected chi connectivity index (χ3v) is 12.9. The van der Waals surface area contributed by atoms with Gasteiger partial charge in [0.1, 0.15) is 39.5 Å². The van der Waals surface area contributed by atoms with Crippen molar-refractivity contribution in [3.63, 3.8) is 0 Å². The van der Waals surface area contributed by atoms with Crippen LogP contribution in [0.2, 0.25) is 0 Å². The molecule has 4 atom stereocenters. The van der Waals surface area contributed by atoms with Gasteiger partial charge in [0.2, 0.25) is 0 Å². The molecule has 0 aliphatic rings. The van der Waals surface area contributed by atoms with Gasteiger partial charge in [0.15, 0.2) is 0 Å². The summed E-state index contributed by atoms with van der Waals surface area (Å²) < 4.78 is 0. The van der Waals surface area contributed by atoms with Gasteiger partial charge in [-0.2, -0.15) is 0 Å². The Hall–Kier alpha value is -0.785. The molecule has 0 heterocycles. The Kier molecular flexibility index (Phi) is 20.3. The number of hydrogen-bond donors (Lipinski definition) is 3. The molecule has 0 aromatic carbocycles. The second kappa shape index (κ2) is 20.7. The SMILES string of the molecule is BBC(NC(C)(CC)C(CC)(CC)C(=O)C(B)NC(CC)(CC)C(CC)(CC)C(=O)C(BB)NC(CC)CC)C(=O)C(CC)CC. The molecule has 11 heteroatoms. The predicted octanol–water partition coefficient (Wildman–Crippen LogP) is 3.01. The number of rotatable bonds is 27. The highest BCUT2D eigenvalue weighted by molar-refractivity contribution is 6.92. The highest BCUT2D eigenvalue weighted by Crippen LogP contribution is 2.47. The average molecular weight is 639 g/mol. The van der Waals surface area contributed by atoms with E-state index in [1.165, 1.54) is 0 Å². The van der Waals surface area contributed by atoms with Crippen molar-refractivity contribution in [2.45, 2.75) is 189 Å². The van der Waals surface area contributed by atoms with Gasteiger partial charge in [-0.05, 0) is 77.6 Å². The Balaban J connectivity index is 6.95. The number of carbonyl (C=O) groups is 3. The minimum atomic E-state index is -0.683. The largest absolute Gasteiger partial charge is 0.312 e. The van der Waals surface area contributed by atoms with Gasteiger partial charge in [0.25, 0.3) is 0 Å². The summed E-state index contributed by atoms with van der Waals surface area (Å²) in [6, 6.07) is 0.309. The first-order chi connectivity index (χ1) is 21.7. The molecule has 0 aliphatic heterocycles. The zero-order valence-electron chi connectivity index (χ0n) is 33.3. The molecule has 6 nitrogen and oxygen atoms in total. The Morgan fingerprint density at radius 1 is 0.609 bits per heavy atom. The number of carbonyl (C=O) groups excluding carboxylic acids is 3. The molecule has 3 N–H and O–H groups in total. The molecule has 0 bridgehead atoms. The van der Waals surface area contributed by atoms with Crippen molar-refractivity contribution < 1.29 is 14.4 Å². The highest BCUT2D eigenvalue weighted by atomic mass is 16.1. The summed E-state index contributed by atoms with van der Waals surface area (Å²) >= 11 is 0. The van der Waals surface area contributed by atoms with Crippen LogP contribution >= 0.6 is 0 Å². The highest BCUT2D eigenvalue weighted by Gasteiger charge is 2.56. The molecule has 4 unspecified atom stereocenters. The molecule has 0 saturated heterocycles. The molecular formula is C35H74B5N3O3. The summed E-state index contributed by atoms with van der Waals surface area (Å²) in [5.74, 6) is -0.196. The van der Waals surface area contributed by atoms with E-state index in [4.69, 9.17) is 0 Å². The summed E-state index contributed by atoms with van der Waals surface area (Å²) in [4.78, 5) is 43.4. The number of hydrogen-bond acceptors (Lipinski definition) is 6. The molecule has 0 saturated carbocycles. The monoisotopic (exact) mass is 640 g/mol. The first kappa shape index (κ1) is 45.2. The van der Waals surface area contributed by atoms with Crippen LogP contribution in [0.25, 0.3) is 0 Å². The van der Waals surface area contributed by atoms with Crippen molar-refractivity contribution in [2.24, 2.45) is 16.7 Å². The number of nitrogens with one attached hydrogen (secondary N) is 3. The summed E-state index contributed by atoms with van der Waals surface area (Å²) in [5.41, 5.74) is -2.40. The third-order valence-electron chi connectivity index (χ3n) is 12.9. The second-order valence-electron chi connectivity index (χ2n) is 14.3. The molecular weight excluding hydrogens is 564 g/mol. The smallest absolute Gasteiger partial charge is 0.149 e. The van der Waals surface area contributed by atoms with Crippen LogP contribution in [0.1, 0.15) is 154 Å². The van der Waals surface area contributed by atoms with Crippen molar-refractivity contribution in [2.75, 3.05) is 0 Å². The zero-order valence-corrected chi connectivity index (χ0v) is 33.3. The van der Waals surface area contributed by atoms with Gasteiger partial charge < -0.3 is 16.0 Å². The summed E-state index contributed by atoms with van der Waals surface area (Å²) in [5, 5.41) is 11.4. The number of ketones is 3. The van der Waals surface area contributed by atoms with Crippen LogP contribution in [0.3, 0.4) is 0 Å². The fourth-order valence-corrected chi connectivity index (χ4v) is 9.16. The van der Waals surface area contributed by atoms with Gasteiger partial charge in [0, 0.05) is 51.7 Å². The molecule has 0 spiro atoms. The van der Waals surface area contributed by atoms with Gasteiger partial charge in [0.05, 0.1) is 15.5 Å². The van der Waals surface area contributed by atoms with Gasteiger partial charge >= 0.3 is 0 Å². The van der Waals surface area contributed by atoms with E-state index in [2.05, 4.69) is 115 Å². The maximum Gasteiger partial charge on any atom is 0.149 e. The van der Waals surface area contributed by atoms with Gasteiger partial charge in [-0.15, -0.1) is 0 Å². The third kappa shape index (κ3) is 9.06. The van der Waals surface area contributed by atoms with E-state index >= 15 is 4.79 Å². The van der Waals surface area contributed by atoms with Crippen molar-refractivity contribution >= 4 is 55.0 Å². The maximum absolute atomic E-state index is 15.0. The second-order valence-corrected chi connectivity index (χ2v) is 14.3. The van der Waals surface area contributed by atoms with E-state index in [0.29, 0.717) is 26.1 Å². The Labute approximate surface area is 290 Å². The maximum atomic E-state index is 15.0. The van der Waals surface area contributed by atoms with Crippen LogP contribution in [0.4, 0.5) is 0 Å². The molecule has 0 amide bonds. The van der Waals surface area contributed by atoms with Crippen LogP contribution in [0.5, 0.6) is 0 Å². The number of Topliss-reactive ketones (excluding diaryl/α,β-unsaturated/α-hetero) is 3. The van der Waals surface area contributed by atoms with E-state index in [1.807, 2.05) is 7.85 Å². The van der Waals surface area contributed by atoms with E-state index in [-0.39, 0.29) is 35.2 Å². The zero-order chi connectivity index (χ0) is 35.9. The topological polar surface area (TPSA) is 87.3 Å². The van der Waals surface area contributed by atoms with Crippen molar-refractivity contribution in [3.8, 4) is 0 Å². The Bertz CT molecular complexity index is 919. The lowest BCUT2D eigenvalue weighted by Gasteiger charge is -2.54. The van der Waals surface area contributed by atoms with Crippen LogP contribution in [-0.4, -0.2) is 90.0 Å². The van der Waals surface area contributed by atoms with Crippen LogP contribution in [0, 0.1) is 16.7 Å². The first-order valence-electron chi connectivity index (χ1n) is 19.6. The molecule has 262 valence electrons. The van der Waals surface area contributed by atoms with E-state index in [9.17, 15) is 9.59 Å². The fourth-order valence-electron chi connectivity index (χ4n) is 9.16. The fraction of sp³-hybridized carbons (Fsp3) is 0.914. The van der Waals surface area contributed by atoms with Gasteiger partial charge in [-0.3, -0.25) is 14.4 Å². The van der Waals surface area contributed by atoms with Crippen molar-refractivity contribution in [3.05, 3.63) is 0 Å². The average Bonchev–Trinajstić information content (AvgIpc) is 3.08. The normalized spacial score (nSPS) is 16.1. The first-order valence-corrected chi connectivity index (χ1v) is 19.6. The molecule has 0 aliphatic carbocycles. The minimum absolute atomic E-state index is 0.0299. The van der Waals surface area contributed by atoms with Crippen LogP contribution < -0.4 is 16.0 Å². The Morgan fingerprint density at radius 3 is 1.39 bits per heavy atom. The lowest BCUT2D eigenvalue weighted by atomic mass is 9.45. The quantitative estimate of drug-likeness (QED) is 0.120. The van der Waals surface area contributed by atoms with E-state index in [0.717, 1.165) is 65.0 Å². The van der Waals surface area contributed by atoms with E-state index in [1.54, 1.807) is 0 Å². The minimum Gasteiger partial charge on any atom is -0.312 e. The van der Waals surface area contributed by atoms with E-state index < -0.39 is 27.8 Å². The standard InChI is InChI=1S/C35H74B5N3O3/c1-13-24(14-2)26(44)30(39-37)43-32(12,17-5)33(18-6,19-7)27(45)29(36)42-35(22-10,23-11)34(20-8,21-9)28(46)31(40-38)41-25(15-3)16-4/h24-25,29-31,39-43H,13-23,36-38H2,1-12H3. The van der Waals surface area contributed by atoms with Gasteiger partial charge in [-0.25, -0.2) is 0 Å². The lowest BCUT2D eigenvalue weighted by Crippen LogP contribution is -2.71. The van der Waals surface area contributed by atoms with Crippen LogP contribution in [0.15, 0.2) is 0 Å². The molecule has 0 rings (SSSR count). The predicted molar refractivity (Wildman–Crippen MR) is 212 cm³/mol. The van der Waals surface area contributed by atoms with Crippen LogP contribution in [-0.2, 0) is 14.4 Å². The van der Waals surface area contributed by atoms with Crippen molar-refractivity contribution in [1.29, 1.82) is 0 Å². The Morgan fingerprint density at radius 2 is 1.07 bits per heavy atom. The summed E-state index contributed by atoms with van der Waals surface area (Å²) in [6.07, 6.45) is 8.68. The summed E-state index contributed by atoms with van der Waals surface area (Å²) in [6.45, 7) is 25.8. The molecule has 0 radical (unpaired) electrons. The van der Waals surface area contributed by atoms with Gasteiger partial charge in [-0.1, -0.05) is 76.2 Å². The molecule has 0 aromatic rings. The summed E-state index contributed by atoms with van der Waals surface area (Å²) in [7, 11) is 7.65. The van der Waals surface area contributed by atoms with Crippen molar-refractivity contribution in [1.82, 2.24) is 16.0 Å². The molecule has 0 fully saturated rings. The molecule has 46 heavy (non-hydrogen) atoms. The lowest BCUT2D eigenvalue weighted by molar-refractivity contribution is -0.141. The molecule has 0 aromatic heterocycles.